The van der Waals surface area contributed by atoms with Crippen LogP contribution >= 0.6 is 0 Å². The van der Waals surface area contributed by atoms with Gasteiger partial charge in [-0.2, -0.15) is 0 Å². The number of Topliss-reactive ketones (excluding diaryl/α,β-unsaturated/α-hetero) is 1. The van der Waals surface area contributed by atoms with Crippen molar-refractivity contribution in [1.82, 2.24) is 9.80 Å². The summed E-state index contributed by atoms with van der Waals surface area (Å²) >= 11 is 0. The normalized spacial score (nSPS) is 21.8. The molecule has 3 aliphatic rings. The van der Waals surface area contributed by atoms with E-state index in [0.717, 1.165) is 43.7 Å². The molecule has 3 heterocycles. The Morgan fingerprint density at radius 1 is 1.00 bits per heavy atom. The van der Waals surface area contributed by atoms with Gasteiger partial charge in [0.2, 0.25) is 0 Å². The molecule has 0 aliphatic carbocycles. The molecule has 42 heavy (non-hydrogen) atoms. The zero-order valence-corrected chi connectivity index (χ0v) is 24.9. The largest absolute Gasteiger partial charge is 0.507 e. The highest BCUT2D eigenvalue weighted by Gasteiger charge is 2.46. The molecular formula is C33H42N2O7. The first-order valence-electron chi connectivity index (χ1n) is 15.2. The number of likely N-dealkylation sites (tertiary alicyclic amines) is 1. The molecule has 0 bridgehead atoms. The molecule has 226 valence electrons. The maximum Gasteiger partial charge on any atom is 0.295 e. The zero-order chi connectivity index (χ0) is 29.6. The highest BCUT2D eigenvalue weighted by Crippen LogP contribution is 2.43. The fourth-order valence-electron chi connectivity index (χ4n) is 5.87. The lowest BCUT2D eigenvalue weighted by molar-refractivity contribution is -0.140. The number of hydrogen-bond acceptors (Lipinski definition) is 8. The molecule has 2 fully saturated rings. The molecular weight excluding hydrogens is 536 g/mol. The summed E-state index contributed by atoms with van der Waals surface area (Å²) in [5, 5.41) is 11.6. The van der Waals surface area contributed by atoms with Gasteiger partial charge in [0, 0.05) is 38.2 Å². The zero-order valence-electron chi connectivity index (χ0n) is 24.9. The van der Waals surface area contributed by atoms with Gasteiger partial charge in [-0.1, -0.05) is 25.8 Å². The van der Waals surface area contributed by atoms with Gasteiger partial charge in [0.25, 0.3) is 11.7 Å². The third kappa shape index (κ3) is 6.42. The van der Waals surface area contributed by atoms with Crippen LogP contribution in [0.3, 0.4) is 0 Å². The number of hydrogen-bond donors (Lipinski definition) is 1. The Balaban J connectivity index is 1.53. The summed E-state index contributed by atoms with van der Waals surface area (Å²) in [6.45, 7) is 10.8. The molecule has 2 aromatic carbocycles. The summed E-state index contributed by atoms with van der Waals surface area (Å²) in [7, 11) is 0. The number of rotatable bonds is 12. The Morgan fingerprint density at radius 2 is 1.81 bits per heavy atom. The predicted molar refractivity (Wildman–Crippen MR) is 159 cm³/mol. The van der Waals surface area contributed by atoms with Gasteiger partial charge in [-0.3, -0.25) is 14.5 Å². The van der Waals surface area contributed by atoms with Crippen LogP contribution in [0.15, 0.2) is 42.0 Å². The number of ketones is 1. The van der Waals surface area contributed by atoms with E-state index in [0.29, 0.717) is 68.6 Å². The van der Waals surface area contributed by atoms with E-state index in [-0.39, 0.29) is 17.4 Å². The first kappa shape index (κ1) is 29.9. The molecule has 3 aliphatic heterocycles. The van der Waals surface area contributed by atoms with E-state index < -0.39 is 17.7 Å². The molecule has 0 spiro atoms. The van der Waals surface area contributed by atoms with Crippen molar-refractivity contribution in [3.05, 3.63) is 58.7 Å². The molecule has 2 aromatic rings. The topological polar surface area (TPSA) is 97.8 Å². The molecule has 0 aromatic heterocycles. The summed E-state index contributed by atoms with van der Waals surface area (Å²) in [6.07, 6.45) is 3.87. The van der Waals surface area contributed by atoms with E-state index >= 15 is 0 Å². The number of morpholine rings is 1. The second-order valence-corrected chi connectivity index (χ2v) is 11.1. The Morgan fingerprint density at radius 3 is 2.57 bits per heavy atom. The summed E-state index contributed by atoms with van der Waals surface area (Å²) in [5.74, 6) is 0.446. The molecule has 9 nitrogen and oxygen atoms in total. The number of aliphatic hydroxyl groups excluding tert-OH is 1. The highest BCUT2D eigenvalue weighted by molar-refractivity contribution is 6.46. The van der Waals surface area contributed by atoms with Crippen molar-refractivity contribution in [2.75, 3.05) is 52.6 Å². The summed E-state index contributed by atoms with van der Waals surface area (Å²) in [6, 6.07) is 10.2. The Hall–Kier alpha value is -3.56. The lowest BCUT2D eigenvalue weighted by atomic mass is 9.94. The number of carbonyl (C=O) groups excluding carboxylic acids is 2. The second-order valence-electron chi connectivity index (χ2n) is 11.1. The maximum atomic E-state index is 13.6. The number of carbonyl (C=O) groups is 2. The molecule has 2 saturated heterocycles. The Labute approximate surface area is 248 Å². The maximum absolute atomic E-state index is 13.6. The minimum Gasteiger partial charge on any atom is -0.507 e. The minimum atomic E-state index is -0.775. The number of benzene rings is 2. The minimum absolute atomic E-state index is 0.0443. The lowest BCUT2D eigenvalue weighted by Gasteiger charge is -2.31. The van der Waals surface area contributed by atoms with Crippen LogP contribution in [0.2, 0.25) is 0 Å². The molecule has 9 heteroatoms. The monoisotopic (exact) mass is 578 g/mol. The third-order valence-electron chi connectivity index (χ3n) is 8.06. The number of ether oxygens (including phenoxy) is 4. The summed E-state index contributed by atoms with van der Waals surface area (Å²) in [4.78, 5) is 30.9. The van der Waals surface area contributed by atoms with Crippen LogP contribution in [0.25, 0.3) is 5.76 Å². The van der Waals surface area contributed by atoms with E-state index in [1.807, 2.05) is 44.2 Å². The highest BCUT2D eigenvalue weighted by atomic mass is 16.5. The number of fused-ring (bicyclic) bond motifs is 1. The van der Waals surface area contributed by atoms with E-state index in [4.69, 9.17) is 18.9 Å². The smallest absolute Gasteiger partial charge is 0.295 e. The third-order valence-corrected chi connectivity index (χ3v) is 8.06. The van der Waals surface area contributed by atoms with Crippen LogP contribution in [0.4, 0.5) is 0 Å². The van der Waals surface area contributed by atoms with E-state index in [9.17, 15) is 14.7 Å². The van der Waals surface area contributed by atoms with Crippen molar-refractivity contribution in [1.29, 1.82) is 0 Å². The molecule has 0 unspecified atom stereocenters. The SMILES string of the molecule is CCCCCOc1ccc([C@H]2/C(=C(\O)c3ccc4c(c3)C[C@@H](C)O4)C(=O)C(=O)N2CCN2CCOCC2)cc1OCC. The Bertz CT molecular complexity index is 1320. The van der Waals surface area contributed by atoms with Crippen LogP contribution in [-0.2, 0) is 20.7 Å². The van der Waals surface area contributed by atoms with Crippen LogP contribution < -0.4 is 14.2 Å². The first-order chi connectivity index (χ1) is 20.4. The molecule has 1 amide bonds. The van der Waals surface area contributed by atoms with Crippen molar-refractivity contribution in [3.8, 4) is 17.2 Å². The van der Waals surface area contributed by atoms with Gasteiger partial charge < -0.3 is 29.0 Å². The van der Waals surface area contributed by atoms with E-state index in [1.165, 1.54) is 0 Å². The summed E-state index contributed by atoms with van der Waals surface area (Å²) in [5.41, 5.74) is 2.21. The van der Waals surface area contributed by atoms with E-state index in [1.54, 1.807) is 11.0 Å². The number of unbranched alkanes of at least 4 members (excludes halogenated alkanes) is 2. The van der Waals surface area contributed by atoms with Gasteiger partial charge in [0.05, 0.1) is 38.0 Å². The standard InChI is InChI=1S/C33H42N2O7/c1-4-6-7-16-41-27-11-8-23(21-28(27)40-5-2)30-29(31(36)24-9-10-26-25(20-24)19-22(3)42-26)32(37)33(38)35(30)13-12-34-14-17-39-18-15-34/h8-11,20-22,30,36H,4-7,12-19H2,1-3H3/b31-29+/t22-,30+/m1/s1. The van der Waals surface area contributed by atoms with Crippen LogP contribution in [0.1, 0.15) is 62.8 Å². The van der Waals surface area contributed by atoms with Crippen molar-refractivity contribution in [2.45, 2.75) is 58.6 Å². The quantitative estimate of drug-likeness (QED) is 0.167. The molecule has 2 atom stereocenters. The van der Waals surface area contributed by atoms with Gasteiger partial charge in [-0.25, -0.2) is 0 Å². The molecule has 1 N–H and O–H groups in total. The van der Waals surface area contributed by atoms with Crippen LogP contribution in [0.5, 0.6) is 17.2 Å². The van der Waals surface area contributed by atoms with Gasteiger partial charge in [0.15, 0.2) is 11.5 Å². The van der Waals surface area contributed by atoms with Crippen LogP contribution in [-0.4, -0.2) is 85.3 Å². The van der Waals surface area contributed by atoms with Gasteiger partial charge in [-0.05, 0) is 61.7 Å². The Kier molecular flexibility index (Phi) is 9.69. The van der Waals surface area contributed by atoms with Crippen molar-refractivity contribution in [2.24, 2.45) is 0 Å². The second kappa shape index (κ2) is 13.6. The number of nitrogens with zero attached hydrogens (tertiary/aromatic N) is 2. The van der Waals surface area contributed by atoms with Crippen molar-refractivity contribution in [3.63, 3.8) is 0 Å². The summed E-state index contributed by atoms with van der Waals surface area (Å²) < 4.78 is 23.3. The predicted octanol–water partition coefficient (Wildman–Crippen LogP) is 4.73. The fraction of sp³-hybridized carbons (Fsp3) is 0.515. The van der Waals surface area contributed by atoms with E-state index in [2.05, 4.69) is 11.8 Å². The van der Waals surface area contributed by atoms with Crippen molar-refractivity contribution < 1.29 is 33.6 Å². The average Bonchev–Trinajstić information content (AvgIpc) is 3.50. The molecule has 0 saturated carbocycles. The molecule has 5 rings (SSSR count). The average molecular weight is 579 g/mol. The first-order valence-corrected chi connectivity index (χ1v) is 15.2. The van der Waals surface area contributed by atoms with Crippen LogP contribution in [0, 0.1) is 0 Å². The van der Waals surface area contributed by atoms with Gasteiger partial charge >= 0.3 is 0 Å². The van der Waals surface area contributed by atoms with Gasteiger partial charge in [0.1, 0.15) is 17.6 Å². The fourth-order valence-corrected chi connectivity index (χ4v) is 5.87. The molecule has 0 radical (unpaired) electrons. The van der Waals surface area contributed by atoms with Crippen molar-refractivity contribution >= 4 is 17.4 Å². The lowest BCUT2D eigenvalue weighted by Crippen LogP contribution is -2.42. The number of aliphatic hydroxyl groups is 1. The number of amides is 1. The van der Waals surface area contributed by atoms with Gasteiger partial charge in [-0.15, -0.1) is 0 Å².